The van der Waals surface area contributed by atoms with Crippen molar-refractivity contribution in [1.29, 1.82) is 0 Å². The van der Waals surface area contributed by atoms with Gasteiger partial charge >= 0.3 is 15.5 Å². The van der Waals surface area contributed by atoms with E-state index in [9.17, 15) is 26.4 Å². The number of hydrazine groups is 2. The summed E-state index contributed by atoms with van der Waals surface area (Å²) in [6.07, 6.45) is 0.117. The highest BCUT2D eigenvalue weighted by Gasteiger charge is 2.50. The molecule has 8 nitrogen and oxygen atoms in total. The maximum atomic E-state index is 13.0. The zero-order valence-corrected chi connectivity index (χ0v) is 16.9. The molecule has 0 radical (unpaired) electrons. The summed E-state index contributed by atoms with van der Waals surface area (Å²) in [7, 11) is -5.85. The highest BCUT2D eigenvalue weighted by Crippen LogP contribution is 2.31. The summed E-state index contributed by atoms with van der Waals surface area (Å²) in [6.45, 7) is 3.26. The Morgan fingerprint density at radius 1 is 1.10 bits per heavy atom. The standard InChI is InChI=1S/C18H20F3N5O3S/c1-3-15(24-25(22)17(27)13-7-5-4-6-8-13)14-11-12(2)9-10-16(14)26(23)30(28,29)18(19,20)21/h4-11H,3,22-23H2,1-2H3/b24-15+. The van der Waals surface area contributed by atoms with E-state index in [0.717, 1.165) is 6.07 Å². The van der Waals surface area contributed by atoms with Gasteiger partial charge in [-0.15, -0.1) is 0 Å². The molecule has 2 aromatic rings. The number of anilines is 1. The highest BCUT2D eigenvalue weighted by molar-refractivity contribution is 7.93. The van der Waals surface area contributed by atoms with Gasteiger partial charge in [0.25, 0.3) is 5.91 Å². The van der Waals surface area contributed by atoms with Gasteiger partial charge in [0, 0.05) is 11.1 Å². The highest BCUT2D eigenvalue weighted by atomic mass is 32.2. The zero-order valence-electron chi connectivity index (χ0n) is 16.1. The predicted octanol–water partition coefficient (Wildman–Crippen LogP) is 2.65. The van der Waals surface area contributed by atoms with E-state index in [1.165, 1.54) is 24.3 Å². The van der Waals surface area contributed by atoms with Gasteiger partial charge in [-0.1, -0.05) is 36.8 Å². The maximum absolute atomic E-state index is 13.0. The van der Waals surface area contributed by atoms with Gasteiger partial charge in [-0.05, 0) is 37.6 Å². The van der Waals surface area contributed by atoms with Crippen molar-refractivity contribution in [2.24, 2.45) is 16.8 Å². The van der Waals surface area contributed by atoms with Gasteiger partial charge in [0.1, 0.15) is 0 Å². The monoisotopic (exact) mass is 443 g/mol. The molecule has 0 heterocycles. The van der Waals surface area contributed by atoms with Crippen molar-refractivity contribution < 1.29 is 26.4 Å². The van der Waals surface area contributed by atoms with Gasteiger partial charge in [0.05, 0.1) is 11.4 Å². The molecule has 0 aliphatic rings. The quantitative estimate of drug-likeness (QED) is 0.308. The molecule has 0 fully saturated rings. The molecule has 162 valence electrons. The molecule has 0 atom stereocenters. The summed E-state index contributed by atoms with van der Waals surface area (Å²) in [4.78, 5) is 12.4. The number of alkyl halides is 3. The van der Waals surface area contributed by atoms with Crippen LogP contribution < -0.4 is 16.1 Å². The number of hydrogen-bond donors (Lipinski definition) is 2. The Labute approximate surface area is 171 Å². The van der Waals surface area contributed by atoms with Crippen LogP contribution in [0.15, 0.2) is 53.6 Å². The third-order valence-corrected chi connectivity index (χ3v) is 5.34. The first-order chi connectivity index (χ1) is 13.9. The lowest BCUT2D eigenvalue weighted by Gasteiger charge is -2.23. The van der Waals surface area contributed by atoms with E-state index in [2.05, 4.69) is 5.10 Å². The smallest absolute Gasteiger partial charge is 0.266 e. The summed E-state index contributed by atoms with van der Waals surface area (Å²) >= 11 is 0. The van der Waals surface area contributed by atoms with Crippen LogP contribution in [0.25, 0.3) is 0 Å². The van der Waals surface area contributed by atoms with E-state index in [1.54, 1.807) is 32.0 Å². The fourth-order valence-electron chi connectivity index (χ4n) is 2.52. The van der Waals surface area contributed by atoms with Crippen molar-refractivity contribution in [3.8, 4) is 0 Å². The zero-order chi connectivity index (χ0) is 22.7. The van der Waals surface area contributed by atoms with Crippen LogP contribution in [0.3, 0.4) is 0 Å². The van der Waals surface area contributed by atoms with Gasteiger partial charge in [-0.3, -0.25) is 4.79 Å². The summed E-state index contributed by atoms with van der Waals surface area (Å²) in [5.41, 5.74) is -5.16. The lowest BCUT2D eigenvalue weighted by molar-refractivity contribution is -0.0438. The molecule has 0 bridgehead atoms. The number of nitrogens with zero attached hydrogens (tertiary/aromatic N) is 3. The number of sulfonamides is 1. The van der Waals surface area contributed by atoms with Crippen LogP contribution in [-0.2, 0) is 10.0 Å². The lowest BCUT2D eigenvalue weighted by Crippen LogP contribution is -2.46. The van der Waals surface area contributed by atoms with Gasteiger partial charge < -0.3 is 0 Å². The molecular formula is C18H20F3N5O3S. The fourth-order valence-corrected chi connectivity index (χ4v) is 3.16. The SMILES string of the molecule is CC/C(=N\N(N)C(=O)c1ccccc1)c1cc(C)ccc1N(N)S(=O)(=O)C(F)(F)F. The van der Waals surface area contributed by atoms with Crippen LogP contribution in [0.2, 0.25) is 0 Å². The van der Waals surface area contributed by atoms with Crippen LogP contribution >= 0.6 is 0 Å². The number of hydrogen-bond acceptors (Lipinski definition) is 6. The molecule has 0 aromatic heterocycles. The van der Waals surface area contributed by atoms with E-state index in [4.69, 9.17) is 11.7 Å². The van der Waals surface area contributed by atoms with Gasteiger partial charge in [0.2, 0.25) is 0 Å². The Bertz CT molecular complexity index is 1060. The Balaban J connectivity index is 2.54. The Kier molecular flexibility index (Phi) is 6.85. The molecule has 30 heavy (non-hydrogen) atoms. The first-order valence-corrected chi connectivity index (χ1v) is 10.0. The Morgan fingerprint density at radius 2 is 1.70 bits per heavy atom. The lowest BCUT2D eigenvalue weighted by atomic mass is 10.0. The molecule has 0 spiro atoms. The van der Waals surface area contributed by atoms with Crippen molar-refractivity contribution in [3.05, 3.63) is 65.2 Å². The minimum Gasteiger partial charge on any atom is -0.266 e. The Morgan fingerprint density at radius 3 is 2.23 bits per heavy atom. The van der Waals surface area contributed by atoms with Crippen LogP contribution in [0.1, 0.15) is 34.8 Å². The first kappa shape index (κ1) is 23.3. The average molecular weight is 443 g/mol. The third-order valence-electron chi connectivity index (χ3n) is 4.04. The number of benzene rings is 2. The second kappa shape index (κ2) is 8.81. The van der Waals surface area contributed by atoms with Gasteiger partial charge in [-0.2, -0.15) is 36.2 Å². The van der Waals surface area contributed by atoms with Crippen molar-refractivity contribution in [2.75, 3.05) is 4.41 Å². The predicted molar refractivity (Wildman–Crippen MR) is 106 cm³/mol. The van der Waals surface area contributed by atoms with Crippen LogP contribution in [0, 0.1) is 6.92 Å². The molecule has 0 saturated carbocycles. The minimum atomic E-state index is -5.85. The largest absolute Gasteiger partial charge is 0.518 e. The van der Waals surface area contributed by atoms with E-state index in [0.29, 0.717) is 10.7 Å². The van der Waals surface area contributed by atoms with E-state index < -0.39 is 27.1 Å². The van der Waals surface area contributed by atoms with Crippen molar-refractivity contribution >= 4 is 27.3 Å². The molecule has 1 amide bonds. The third kappa shape index (κ3) is 4.78. The molecule has 2 rings (SSSR count). The minimum absolute atomic E-state index is 0.0101. The molecule has 12 heteroatoms. The fraction of sp³-hybridized carbons (Fsp3) is 0.222. The van der Waals surface area contributed by atoms with Crippen LogP contribution in [0.5, 0.6) is 0 Å². The Hall–Kier alpha value is -2.96. The van der Waals surface area contributed by atoms with E-state index in [-0.39, 0.29) is 27.7 Å². The summed E-state index contributed by atoms with van der Waals surface area (Å²) in [5, 5.41) is 4.53. The van der Waals surface area contributed by atoms with Gasteiger partial charge in [-0.25, -0.2) is 11.7 Å². The number of aryl methyl sites for hydroxylation is 1. The van der Waals surface area contributed by atoms with Crippen molar-refractivity contribution in [2.45, 2.75) is 25.8 Å². The molecule has 0 unspecified atom stereocenters. The second-order valence-electron chi connectivity index (χ2n) is 6.18. The van der Waals surface area contributed by atoms with Crippen molar-refractivity contribution in [1.82, 2.24) is 5.12 Å². The number of carbonyl (C=O) groups is 1. The van der Waals surface area contributed by atoms with Crippen molar-refractivity contribution in [3.63, 3.8) is 0 Å². The number of nitrogens with two attached hydrogens (primary N) is 2. The molecule has 2 aromatic carbocycles. The molecule has 0 saturated heterocycles. The van der Waals surface area contributed by atoms with E-state index in [1.807, 2.05) is 0 Å². The van der Waals surface area contributed by atoms with Crippen LogP contribution in [0.4, 0.5) is 18.9 Å². The number of carbonyl (C=O) groups excluding carboxylic acids is 1. The summed E-state index contributed by atoms with van der Waals surface area (Å²) in [5.74, 6) is 10.4. The molecular weight excluding hydrogens is 423 g/mol. The second-order valence-corrected chi connectivity index (χ2v) is 7.99. The molecule has 4 N–H and O–H groups in total. The number of halogens is 3. The average Bonchev–Trinajstić information content (AvgIpc) is 2.70. The number of amides is 1. The normalized spacial score (nSPS) is 12.6. The van der Waals surface area contributed by atoms with Gasteiger partial charge in [0.15, 0.2) is 0 Å². The van der Waals surface area contributed by atoms with E-state index >= 15 is 0 Å². The van der Waals surface area contributed by atoms with Crippen LogP contribution in [-0.4, -0.2) is 30.7 Å². The summed E-state index contributed by atoms with van der Waals surface area (Å²) in [6, 6.07) is 11.9. The summed E-state index contributed by atoms with van der Waals surface area (Å²) < 4.78 is 62.0. The topological polar surface area (TPSA) is 122 Å². The molecule has 0 aliphatic heterocycles. The first-order valence-electron chi connectivity index (χ1n) is 8.59. The maximum Gasteiger partial charge on any atom is 0.518 e. The molecule has 0 aliphatic carbocycles. The number of hydrazone groups is 1. The number of rotatable bonds is 6.